The predicted molar refractivity (Wildman–Crippen MR) is 109 cm³/mol. The average molecular weight is 415 g/mol. The highest BCUT2D eigenvalue weighted by molar-refractivity contribution is 8.00. The second-order valence-electron chi connectivity index (χ2n) is 6.12. The number of para-hydroxylation sites is 2. The van der Waals surface area contributed by atoms with Crippen molar-refractivity contribution < 1.29 is 18.7 Å². The van der Waals surface area contributed by atoms with Crippen LogP contribution in [0.2, 0.25) is 0 Å². The molecule has 1 amide bonds. The molecule has 0 unspecified atom stereocenters. The Morgan fingerprint density at radius 1 is 1.17 bits per heavy atom. The number of anilines is 1. The first-order chi connectivity index (χ1) is 13.9. The first-order valence-electron chi connectivity index (χ1n) is 8.74. The Morgan fingerprint density at radius 2 is 1.90 bits per heavy atom. The number of carbonyl (C=O) groups is 2. The van der Waals surface area contributed by atoms with E-state index in [0.29, 0.717) is 10.9 Å². The van der Waals surface area contributed by atoms with Crippen molar-refractivity contribution in [1.82, 2.24) is 9.97 Å². The van der Waals surface area contributed by atoms with Crippen LogP contribution in [0.4, 0.5) is 10.1 Å². The predicted octanol–water partition coefficient (Wildman–Crippen LogP) is 3.04. The van der Waals surface area contributed by atoms with Crippen molar-refractivity contribution in [2.45, 2.75) is 13.0 Å². The molecular formula is C20H18FN3O4S. The summed E-state index contributed by atoms with van der Waals surface area (Å²) in [4.78, 5) is 42.9. The number of amides is 1. The Bertz CT molecular complexity index is 1100. The number of rotatable bonds is 7. The lowest BCUT2D eigenvalue weighted by molar-refractivity contribution is -0.145. The van der Waals surface area contributed by atoms with Gasteiger partial charge >= 0.3 is 5.97 Å². The van der Waals surface area contributed by atoms with Gasteiger partial charge in [0, 0.05) is 0 Å². The summed E-state index contributed by atoms with van der Waals surface area (Å²) < 4.78 is 18.8. The lowest BCUT2D eigenvalue weighted by Gasteiger charge is -2.13. The van der Waals surface area contributed by atoms with Crippen molar-refractivity contribution in [2.24, 2.45) is 0 Å². The van der Waals surface area contributed by atoms with Gasteiger partial charge in [-0.15, -0.1) is 11.8 Å². The summed E-state index contributed by atoms with van der Waals surface area (Å²) >= 11 is 1.04. The summed E-state index contributed by atoms with van der Waals surface area (Å²) in [7, 11) is 0. The van der Waals surface area contributed by atoms with E-state index in [1.165, 1.54) is 18.2 Å². The number of H-pyrrole nitrogens is 1. The molecule has 3 rings (SSSR count). The molecule has 1 atom stereocenters. The number of nitrogens with one attached hydrogen (secondary N) is 2. The lowest BCUT2D eigenvalue weighted by Crippen LogP contribution is -2.19. The molecule has 0 radical (unpaired) electrons. The molecule has 7 nitrogen and oxygen atoms in total. The molecule has 2 aromatic carbocycles. The zero-order valence-electron chi connectivity index (χ0n) is 15.5. The maximum Gasteiger partial charge on any atom is 0.316 e. The van der Waals surface area contributed by atoms with Gasteiger partial charge in [-0.2, -0.15) is 0 Å². The van der Waals surface area contributed by atoms with Gasteiger partial charge in [-0.05, 0) is 31.2 Å². The van der Waals surface area contributed by atoms with Crippen LogP contribution in [0.25, 0.3) is 10.9 Å². The van der Waals surface area contributed by atoms with Gasteiger partial charge in [0.05, 0.1) is 28.1 Å². The number of halogens is 1. The normalized spacial score (nSPS) is 11.8. The van der Waals surface area contributed by atoms with Crippen molar-refractivity contribution in [3.63, 3.8) is 0 Å². The van der Waals surface area contributed by atoms with E-state index in [0.717, 1.165) is 11.8 Å². The molecule has 0 aliphatic rings. The minimum absolute atomic E-state index is 0.0388. The maximum absolute atomic E-state index is 13.5. The number of hydrogen-bond acceptors (Lipinski definition) is 6. The second-order valence-corrected chi connectivity index (χ2v) is 7.11. The van der Waals surface area contributed by atoms with Gasteiger partial charge in [-0.3, -0.25) is 14.4 Å². The minimum Gasteiger partial charge on any atom is -0.454 e. The third-order valence-corrected chi connectivity index (χ3v) is 4.83. The van der Waals surface area contributed by atoms with Gasteiger partial charge < -0.3 is 15.0 Å². The molecule has 0 aliphatic carbocycles. The van der Waals surface area contributed by atoms with Crippen molar-refractivity contribution in [1.29, 1.82) is 0 Å². The number of thioether (sulfide) groups is 1. The third kappa shape index (κ3) is 5.41. The van der Waals surface area contributed by atoms with Crippen LogP contribution in [0.5, 0.6) is 0 Å². The van der Waals surface area contributed by atoms with Crippen LogP contribution in [0.15, 0.2) is 53.3 Å². The second kappa shape index (κ2) is 9.33. The van der Waals surface area contributed by atoms with Gasteiger partial charge in [0.2, 0.25) is 5.91 Å². The number of hydrogen-bond donors (Lipinski definition) is 2. The fourth-order valence-electron chi connectivity index (χ4n) is 2.56. The number of aromatic amines is 1. The van der Waals surface area contributed by atoms with Crippen LogP contribution < -0.4 is 10.9 Å². The molecule has 0 fully saturated rings. The topological polar surface area (TPSA) is 101 Å². The molecule has 0 bridgehead atoms. The molecule has 2 N–H and O–H groups in total. The molecule has 1 aromatic heterocycles. The molecule has 0 saturated carbocycles. The molecule has 0 aliphatic heterocycles. The van der Waals surface area contributed by atoms with E-state index in [1.54, 1.807) is 37.3 Å². The zero-order chi connectivity index (χ0) is 20.8. The quantitative estimate of drug-likeness (QED) is 0.575. The first kappa shape index (κ1) is 20.5. The fourth-order valence-corrected chi connectivity index (χ4v) is 3.15. The highest BCUT2D eigenvalue weighted by atomic mass is 32.2. The number of fused-ring (bicyclic) bond motifs is 1. The van der Waals surface area contributed by atoms with E-state index in [1.807, 2.05) is 0 Å². The number of carbonyl (C=O) groups excluding carboxylic acids is 2. The van der Waals surface area contributed by atoms with E-state index >= 15 is 0 Å². The molecule has 0 spiro atoms. The largest absolute Gasteiger partial charge is 0.454 e. The molecule has 9 heteroatoms. The van der Waals surface area contributed by atoms with Crippen LogP contribution in [0.3, 0.4) is 0 Å². The van der Waals surface area contributed by atoms with Crippen LogP contribution in [0, 0.1) is 5.82 Å². The number of esters is 1. The average Bonchev–Trinajstić information content (AvgIpc) is 2.69. The number of ether oxygens (including phenoxy) is 1. The summed E-state index contributed by atoms with van der Waals surface area (Å²) in [6, 6.07) is 12.7. The third-order valence-electron chi connectivity index (χ3n) is 3.93. The van der Waals surface area contributed by atoms with Crippen molar-refractivity contribution in [3.05, 3.63) is 70.5 Å². The maximum atomic E-state index is 13.5. The van der Waals surface area contributed by atoms with Gasteiger partial charge in [-0.1, -0.05) is 24.3 Å². The Kier molecular flexibility index (Phi) is 6.61. The summed E-state index contributed by atoms with van der Waals surface area (Å²) in [6.07, 6.45) is -0.757. The standard InChI is InChI=1S/C20H18FN3O4S/c1-12(19-23-15-8-4-2-6-13(15)20(27)24-19)28-18(26)11-29-10-17(25)22-16-9-5-3-7-14(16)21/h2-9,12H,10-11H2,1H3,(H,22,25)(H,23,24,27)/t12-/m1/s1. The van der Waals surface area contributed by atoms with Crippen LogP contribution >= 0.6 is 11.8 Å². The number of benzene rings is 2. The van der Waals surface area contributed by atoms with Gasteiger partial charge in [0.25, 0.3) is 5.56 Å². The molecule has 150 valence electrons. The van der Waals surface area contributed by atoms with Gasteiger partial charge in [0.1, 0.15) is 5.82 Å². The highest BCUT2D eigenvalue weighted by Gasteiger charge is 2.16. The minimum atomic E-state index is -0.757. The SMILES string of the molecule is C[C@@H](OC(=O)CSCC(=O)Nc1ccccc1F)c1nc2ccccc2c(=O)[nH]1. The van der Waals surface area contributed by atoms with E-state index in [-0.39, 0.29) is 28.6 Å². The summed E-state index contributed by atoms with van der Waals surface area (Å²) in [5, 5.41) is 2.89. The summed E-state index contributed by atoms with van der Waals surface area (Å²) in [6.45, 7) is 1.60. The van der Waals surface area contributed by atoms with Crippen LogP contribution in [-0.2, 0) is 14.3 Å². The Labute approximate surface area is 169 Å². The van der Waals surface area contributed by atoms with E-state index < -0.39 is 23.8 Å². The Morgan fingerprint density at radius 3 is 2.69 bits per heavy atom. The van der Waals surface area contributed by atoms with Crippen molar-refractivity contribution in [2.75, 3.05) is 16.8 Å². The zero-order valence-corrected chi connectivity index (χ0v) is 16.3. The smallest absolute Gasteiger partial charge is 0.316 e. The highest BCUT2D eigenvalue weighted by Crippen LogP contribution is 2.16. The van der Waals surface area contributed by atoms with Crippen molar-refractivity contribution >= 4 is 40.2 Å². The lowest BCUT2D eigenvalue weighted by atomic mass is 10.2. The number of aromatic nitrogens is 2. The Hall–Kier alpha value is -3.20. The van der Waals surface area contributed by atoms with Crippen LogP contribution in [0.1, 0.15) is 18.9 Å². The van der Waals surface area contributed by atoms with Crippen molar-refractivity contribution in [3.8, 4) is 0 Å². The summed E-state index contributed by atoms with van der Waals surface area (Å²) in [5.74, 6) is -1.39. The van der Waals surface area contributed by atoms with E-state index in [9.17, 15) is 18.8 Å². The van der Waals surface area contributed by atoms with Gasteiger partial charge in [-0.25, -0.2) is 9.37 Å². The monoisotopic (exact) mass is 415 g/mol. The molecule has 0 saturated heterocycles. The number of nitrogens with zero attached hydrogens (tertiary/aromatic N) is 1. The summed E-state index contributed by atoms with van der Waals surface area (Å²) in [5.41, 5.74) is 0.279. The molecule has 1 heterocycles. The van der Waals surface area contributed by atoms with E-state index in [2.05, 4.69) is 15.3 Å². The molecule has 29 heavy (non-hydrogen) atoms. The van der Waals surface area contributed by atoms with Crippen LogP contribution in [-0.4, -0.2) is 33.4 Å². The Balaban J connectivity index is 1.50. The molecule has 3 aromatic rings. The fraction of sp³-hybridized carbons (Fsp3) is 0.200. The van der Waals surface area contributed by atoms with E-state index in [4.69, 9.17) is 4.74 Å². The molecular weight excluding hydrogens is 397 g/mol. The van der Waals surface area contributed by atoms with Gasteiger partial charge in [0.15, 0.2) is 11.9 Å². The first-order valence-corrected chi connectivity index (χ1v) is 9.90.